The van der Waals surface area contributed by atoms with Crippen LogP contribution in [0.15, 0.2) is 18.2 Å². The van der Waals surface area contributed by atoms with Gasteiger partial charge in [-0.05, 0) is 37.4 Å². The molecule has 0 aromatic heterocycles. The molecule has 1 aromatic rings. The van der Waals surface area contributed by atoms with Gasteiger partial charge < -0.3 is 10.1 Å². The number of rotatable bonds is 7. The molecule has 1 unspecified atom stereocenters. The van der Waals surface area contributed by atoms with Crippen LogP contribution in [0.5, 0.6) is 5.75 Å². The zero-order valence-corrected chi connectivity index (χ0v) is 11.2. The van der Waals surface area contributed by atoms with E-state index < -0.39 is 0 Å². The van der Waals surface area contributed by atoms with Crippen molar-refractivity contribution in [1.82, 2.24) is 5.32 Å². The van der Waals surface area contributed by atoms with Crippen LogP contribution >= 0.6 is 0 Å². The van der Waals surface area contributed by atoms with Crippen molar-refractivity contribution >= 4 is 0 Å². The molecule has 1 atom stereocenters. The van der Waals surface area contributed by atoms with Crippen molar-refractivity contribution < 1.29 is 9.13 Å². The van der Waals surface area contributed by atoms with Gasteiger partial charge in [0.15, 0.2) is 0 Å². The lowest BCUT2D eigenvalue weighted by Crippen LogP contribution is -2.22. The molecular weight excluding hydrogens is 229 g/mol. The largest absolute Gasteiger partial charge is 0.496 e. The van der Waals surface area contributed by atoms with Crippen LogP contribution in [-0.2, 0) is 0 Å². The maximum Gasteiger partial charge on any atom is 0.131 e. The van der Waals surface area contributed by atoms with Crippen molar-refractivity contribution in [3.8, 4) is 5.75 Å². The van der Waals surface area contributed by atoms with Gasteiger partial charge in [-0.25, -0.2) is 4.39 Å². The summed E-state index contributed by atoms with van der Waals surface area (Å²) in [6.07, 6.45) is 4.84. The van der Waals surface area contributed by atoms with E-state index in [4.69, 9.17) is 4.74 Å². The molecule has 18 heavy (non-hydrogen) atoms. The van der Waals surface area contributed by atoms with Gasteiger partial charge in [0.1, 0.15) is 11.6 Å². The fourth-order valence-electron chi connectivity index (χ4n) is 2.44. The van der Waals surface area contributed by atoms with Gasteiger partial charge in [-0.15, -0.1) is 0 Å². The van der Waals surface area contributed by atoms with Crippen molar-refractivity contribution in [3.63, 3.8) is 0 Å². The van der Waals surface area contributed by atoms with E-state index in [0.717, 1.165) is 18.9 Å². The minimum atomic E-state index is -0.170. The number of hydrogen-bond acceptors (Lipinski definition) is 2. The van der Waals surface area contributed by atoms with Crippen LogP contribution in [0.3, 0.4) is 0 Å². The molecule has 0 amide bonds. The minimum Gasteiger partial charge on any atom is -0.496 e. The van der Waals surface area contributed by atoms with E-state index in [0.29, 0.717) is 11.3 Å². The summed E-state index contributed by atoms with van der Waals surface area (Å²) in [5.74, 6) is 1.34. The van der Waals surface area contributed by atoms with E-state index in [1.54, 1.807) is 13.2 Å². The number of ether oxygens (including phenoxy) is 1. The van der Waals surface area contributed by atoms with Gasteiger partial charge in [0.2, 0.25) is 0 Å². The third-order valence-corrected chi connectivity index (χ3v) is 3.59. The Balaban J connectivity index is 2.16. The monoisotopic (exact) mass is 251 g/mol. The van der Waals surface area contributed by atoms with Gasteiger partial charge in [0.25, 0.3) is 0 Å². The predicted octanol–water partition coefficient (Wildman–Crippen LogP) is 3.68. The number of halogens is 1. The standard InChI is InChI=1S/C15H22FNO/c1-3-17-13(10-9-11-7-8-11)15-12(16)5-4-6-14(15)18-2/h4-6,11,13,17H,3,7-10H2,1-2H3. The van der Waals surface area contributed by atoms with Crippen LogP contribution in [0.1, 0.15) is 44.2 Å². The maximum atomic E-state index is 14.0. The van der Waals surface area contributed by atoms with Crippen molar-refractivity contribution in [3.05, 3.63) is 29.6 Å². The fraction of sp³-hybridized carbons (Fsp3) is 0.600. The van der Waals surface area contributed by atoms with Gasteiger partial charge in [-0.2, -0.15) is 0 Å². The highest BCUT2D eigenvalue weighted by Crippen LogP contribution is 2.38. The summed E-state index contributed by atoms with van der Waals surface area (Å²) in [5.41, 5.74) is 0.683. The number of methoxy groups -OCH3 is 1. The highest BCUT2D eigenvalue weighted by molar-refractivity contribution is 5.37. The van der Waals surface area contributed by atoms with Crippen LogP contribution < -0.4 is 10.1 Å². The number of nitrogens with one attached hydrogen (secondary N) is 1. The zero-order chi connectivity index (χ0) is 13.0. The average molecular weight is 251 g/mol. The summed E-state index contributed by atoms with van der Waals surface area (Å²) < 4.78 is 19.3. The molecule has 0 saturated heterocycles. The van der Waals surface area contributed by atoms with E-state index in [1.165, 1.54) is 25.3 Å². The Bertz CT molecular complexity index is 390. The highest BCUT2D eigenvalue weighted by atomic mass is 19.1. The van der Waals surface area contributed by atoms with E-state index in [1.807, 2.05) is 6.07 Å². The van der Waals surface area contributed by atoms with Crippen molar-refractivity contribution in [2.75, 3.05) is 13.7 Å². The lowest BCUT2D eigenvalue weighted by atomic mass is 9.98. The normalized spacial score (nSPS) is 16.6. The molecule has 2 nitrogen and oxygen atoms in total. The second-order valence-electron chi connectivity index (χ2n) is 4.99. The SMILES string of the molecule is CCNC(CCC1CC1)c1c(F)cccc1OC. The number of hydrogen-bond donors (Lipinski definition) is 1. The van der Waals surface area contributed by atoms with Gasteiger partial charge in [0.05, 0.1) is 7.11 Å². The lowest BCUT2D eigenvalue weighted by Gasteiger charge is -2.21. The van der Waals surface area contributed by atoms with E-state index in [-0.39, 0.29) is 11.9 Å². The molecule has 3 heteroatoms. The molecule has 2 rings (SSSR count). The number of benzene rings is 1. The lowest BCUT2D eigenvalue weighted by molar-refractivity contribution is 0.382. The quantitative estimate of drug-likeness (QED) is 0.798. The second kappa shape index (κ2) is 6.19. The summed E-state index contributed by atoms with van der Waals surface area (Å²) in [6.45, 7) is 2.89. The van der Waals surface area contributed by atoms with E-state index in [2.05, 4.69) is 12.2 Å². The topological polar surface area (TPSA) is 21.3 Å². The van der Waals surface area contributed by atoms with Crippen LogP contribution in [0.2, 0.25) is 0 Å². The van der Waals surface area contributed by atoms with Crippen LogP contribution in [0, 0.1) is 11.7 Å². The summed E-state index contributed by atoms with van der Waals surface area (Å²) in [5, 5.41) is 3.38. The van der Waals surface area contributed by atoms with Gasteiger partial charge in [-0.1, -0.05) is 25.8 Å². The third-order valence-electron chi connectivity index (χ3n) is 3.59. The Hall–Kier alpha value is -1.09. The average Bonchev–Trinajstić information content (AvgIpc) is 3.18. The van der Waals surface area contributed by atoms with Crippen LogP contribution in [-0.4, -0.2) is 13.7 Å². The van der Waals surface area contributed by atoms with Crippen LogP contribution in [0.4, 0.5) is 4.39 Å². The first-order chi connectivity index (χ1) is 8.76. The molecule has 1 fully saturated rings. The Morgan fingerprint density at radius 2 is 2.22 bits per heavy atom. The molecule has 0 bridgehead atoms. The zero-order valence-electron chi connectivity index (χ0n) is 11.2. The van der Waals surface area contributed by atoms with Crippen molar-refractivity contribution in [2.24, 2.45) is 5.92 Å². The Labute approximate surface area is 109 Å². The van der Waals surface area contributed by atoms with E-state index >= 15 is 0 Å². The maximum absolute atomic E-state index is 14.0. The molecule has 1 N–H and O–H groups in total. The third kappa shape index (κ3) is 3.22. The Morgan fingerprint density at radius 1 is 1.44 bits per heavy atom. The Kier molecular flexibility index (Phi) is 4.59. The summed E-state index contributed by atoms with van der Waals surface area (Å²) in [4.78, 5) is 0. The molecule has 0 aliphatic heterocycles. The second-order valence-corrected chi connectivity index (χ2v) is 4.99. The minimum absolute atomic E-state index is 0.0618. The molecular formula is C15H22FNO. The summed E-state index contributed by atoms with van der Waals surface area (Å²) in [6, 6.07) is 5.10. The molecule has 1 aliphatic carbocycles. The van der Waals surface area contributed by atoms with Gasteiger partial charge >= 0.3 is 0 Å². The molecule has 0 heterocycles. The first-order valence-electron chi connectivity index (χ1n) is 6.82. The predicted molar refractivity (Wildman–Crippen MR) is 71.3 cm³/mol. The Morgan fingerprint density at radius 3 is 2.83 bits per heavy atom. The first-order valence-corrected chi connectivity index (χ1v) is 6.82. The first kappa shape index (κ1) is 13.3. The summed E-state index contributed by atoms with van der Waals surface area (Å²) in [7, 11) is 1.60. The smallest absolute Gasteiger partial charge is 0.131 e. The highest BCUT2D eigenvalue weighted by Gasteiger charge is 2.25. The van der Waals surface area contributed by atoms with Crippen molar-refractivity contribution in [2.45, 2.75) is 38.6 Å². The molecule has 0 spiro atoms. The molecule has 1 saturated carbocycles. The van der Waals surface area contributed by atoms with Crippen molar-refractivity contribution in [1.29, 1.82) is 0 Å². The molecule has 1 aromatic carbocycles. The van der Waals surface area contributed by atoms with Crippen LogP contribution in [0.25, 0.3) is 0 Å². The summed E-state index contributed by atoms with van der Waals surface area (Å²) >= 11 is 0. The van der Waals surface area contributed by atoms with Gasteiger partial charge in [-0.3, -0.25) is 0 Å². The van der Waals surface area contributed by atoms with E-state index in [9.17, 15) is 4.39 Å². The molecule has 1 aliphatic rings. The van der Waals surface area contributed by atoms with Gasteiger partial charge in [0, 0.05) is 11.6 Å². The molecule has 100 valence electrons. The fourth-order valence-corrected chi connectivity index (χ4v) is 2.44. The molecule has 0 radical (unpaired) electrons.